The molecule has 0 fully saturated rings. The van der Waals surface area contributed by atoms with Gasteiger partial charge in [-0.05, 0) is 43.3 Å². The maximum Gasteiger partial charge on any atom is 0.267 e. The number of nitrogens with zero attached hydrogens (tertiary/aromatic N) is 1. The monoisotopic (exact) mass is 318 g/mol. The number of thiophene rings is 1. The van der Waals surface area contributed by atoms with E-state index in [1.807, 2.05) is 18.4 Å². The number of halogens is 1. The van der Waals surface area contributed by atoms with Gasteiger partial charge in [0.1, 0.15) is 5.82 Å². The number of nitrogens with one attached hydrogen (secondary N) is 1. The van der Waals surface area contributed by atoms with Gasteiger partial charge in [-0.3, -0.25) is 10.1 Å². The van der Waals surface area contributed by atoms with Crippen LogP contribution in [0.4, 0.5) is 9.52 Å². The van der Waals surface area contributed by atoms with Crippen molar-refractivity contribution in [2.24, 2.45) is 0 Å². The van der Waals surface area contributed by atoms with Gasteiger partial charge in [-0.1, -0.05) is 0 Å². The minimum Gasteiger partial charge on any atom is -0.297 e. The van der Waals surface area contributed by atoms with Crippen molar-refractivity contribution >= 4 is 33.7 Å². The number of aryl methyl sites for hydroxylation is 1. The second-order valence-corrected chi connectivity index (χ2v) is 6.56. The van der Waals surface area contributed by atoms with E-state index in [0.29, 0.717) is 10.0 Å². The lowest BCUT2D eigenvalue weighted by Crippen LogP contribution is -2.09. The number of aromatic nitrogens is 1. The summed E-state index contributed by atoms with van der Waals surface area (Å²) in [5.41, 5.74) is 1.54. The maximum absolute atomic E-state index is 12.9. The van der Waals surface area contributed by atoms with Crippen LogP contribution in [-0.4, -0.2) is 10.9 Å². The fourth-order valence-electron chi connectivity index (χ4n) is 1.80. The Kier molecular flexibility index (Phi) is 3.81. The third-order valence-electron chi connectivity index (χ3n) is 2.83. The summed E-state index contributed by atoms with van der Waals surface area (Å²) in [6.07, 6.45) is 0. The summed E-state index contributed by atoms with van der Waals surface area (Å²) in [4.78, 5) is 18.1. The van der Waals surface area contributed by atoms with Gasteiger partial charge in [-0.25, -0.2) is 9.37 Å². The Morgan fingerprint density at radius 3 is 2.62 bits per heavy atom. The highest BCUT2D eigenvalue weighted by Crippen LogP contribution is 2.26. The van der Waals surface area contributed by atoms with Gasteiger partial charge in [0.15, 0.2) is 5.13 Å². The lowest BCUT2D eigenvalue weighted by molar-refractivity contribution is 0.103. The van der Waals surface area contributed by atoms with Gasteiger partial charge in [0.25, 0.3) is 5.91 Å². The Balaban J connectivity index is 1.76. The minimum absolute atomic E-state index is 0.159. The zero-order valence-corrected chi connectivity index (χ0v) is 12.7. The van der Waals surface area contributed by atoms with Gasteiger partial charge < -0.3 is 0 Å². The predicted molar refractivity (Wildman–Crippen MR) is 84.5 cm³/mol. The van der Waals surface area contributed by atoms with Gasteiger partial charge in [0.2, 0.25) is 0 Å². The minimum atomic E-state index is -0.282. The van der Waals surface area contributed by atoms with Crippen LogP contribution in [0.3, 0.4) is 0 Å². The molecule has 0 radical (unpaired) electrons. The van der Waals surface area contributed by atoms with E-state index in [0.717, 1.165) is 16.1 Å². The number of hydrogen-bond donors (Lipinski definition) is 1. The number of thiazole rings is 1. The van der Waals surface area contributed by atoms with Crippen LogP contribution in [-0.2, 0) is 0 Å². The molecule has 1 N–H and O–H groups in total. The molecule has 6 heteroatoms. The number of amides is 1. The zero-order valence-electron chi connectivity index (χ0n) is 11.1. The van der Waals surface area contributed by atoms with E-state index in [4.69, 9.17) is 0 Å². The predicted octanol–water partition coefficient (Wildman–Crippen LogP) is 4.57. The summed E-state index contributed by atoms with van der Waals surface area (Å²) >= 11 is 2.79. The van der Waals surface area contributed by atoms with Crippen molar-refractivity contribution in [3.05, 3.63) is 57.3 Å². The van der Waals surface area contributed by atoms with E-state index < -0.39 is 0 Å². The van der Waals surface area contributed by atoms with Gasteiger partial charge in [0, 0.05) is 15.8 Å². The van der Waals surface area contributed by atoms with Crippen molar-refractivity contribution < 1.29 is 9.18 Å². The molecule has 2 aromatic heterocycles. The second kappa shape index (κ2) is 5.75. The maximum atomic E-state index is 12.9. The Morgan fingerprint density at radius 2 is 1.95 bits per heavy atom. The Hall–Kier alpha value is -2.05. The van der Waals surface area contributed by atoms with E-state index in [2.05, 4.69) is 10.3 Å². The van der Waals surface area contributed by atoms with Crippen molar-refractivity contribution in [1.82, 2.24) is 4.98 Å². The van der Waals surface area contributed by atoms with Crippen LogP contribution in [0.1, 0.15) is 14.5 Å². The van der Waals surface area contributed by atoms with E-state index >= 15 is 0 Å². The van der Waals surface area contributed by atoms with Crippen LogP contribution < -0.4 is 5.32 Å². The van der Waals surface area contributed by atoms with E-state index in [1.165, 1.54) is 34.8 Å². The summed E-state index contributed by atoms with van der Waals surface area (Å²) in [7, 11) is 0. The third-order valence-corrected chi connectivity index (χ3v) is 4.59. The fourth-order valence-corrected chi connectivity index (χ4v) is 3.28. The molecule has 0 unspecified atom stereocenters. The molecule has 3 rings (SSSR count). The van der Waals surface area contributed by atoms with Crippen LogP contribution in [0, 0.1) is 12.7 Å². The highest BCUT2D eigenvalue weighted by Gasteiger charge is 2.11. The smallest absolute Gasteiger partial charge is 0.267 e. The summed E-state index contributed by atoms with van der Waals surface area (Å²) in [5.74, 6) is -0.441. The topological polar surface area (TPSA) is 42.0 Å². The van der Waals surface area contributed by atoms with Gasteiger partial charge in [-0.2, -0.15) is 0 Å². The molecule has 1 aromatic carbocycles. The Labute approximate surface area is 129 Å². The molecule has 0 saturated heterocycles. The number of anilines is 1. The van der Waals surface area contributed by atoms with Crippen molar-refractivity contribution in [2.75, 3.05) is 5.32 Å². The number of carbonyl (C=O) groups excluding carboxylic acids is 1. The SMILES string of the molecule is Cc1ccc(C(=O)Nc2nc(-c3ccc(F)cc3)cs2)s1. The molecular formula is C15H11FN2OS2. The number of carbonyl (C=O) groups is 1. The van der Waals surface area contributed by atoms with Crippen LogP contribution >= 0.6 is 22.7 Å². The standard InChI is InChI=1S/C15H11FN2OS2/c1-9-2-7-13(21-9)14(19)18-15-17-12(8-20-15)10-3-5-11(16)6-4-10/h2-8H,1H3,(H,17,18,19). The number of hydrogen-bond acceptors (Lipinski definition) is 4. The molecule has 0 bridgehead atoms. The quantitative estimate of drug-likeness (QED) is 0.768. The van der Waals surface area contributed by atoms with Crippen molar-refractivity contribution in [1.29, 1.82) is 0 Å². The zero-order chi connectivity index (χ0) is 14.8. The molecule has 0 aliphatic carbocycles. The van der Waals surface area contributed by atoms with Gasteiger partial charge in [-0.15, -0.1) is 22.7 Å². The molecule has 2 heterocycles. The van der Waals surface area contributed by atoms with E-state index in [1.54, 1.807) is 18.2 Å². The molecule has 21 heavy (non-hydrogen) atoms. The normalized spacial score (nSPS) is 10.6. The first-order valence-electron chi connectivity index (χ1n) is 6.21. The summed E-state index contributed by atoms with van der Waals surface area (Å²) < 4.78 is 12.9. The molecular weight excluding hydrogens is 307 g/mol. The van der Waals surface area contributed by atoms with Crippen molar-refractivity contribution in [3.8, 4) is 11.3 Å². The number of rotatable bonds is 3. The average Bonchev–Trinajstić information content (AvgIpc) is 3.09. The molecule has 3 aromatic rings. The summed E-state index contributed by atoms with van der Waals surface area (Å²) in [6, 6.07) is 9.81. The highest BCUT2D eigenvalue weighted by atomic mass is 32.1. The molecule has 0 aliphatic heterocycles. The molecule has 0 spiro atoms. The average molecular weight is 318 g/mol. The Morgan fingerprint density at radius 1 is 1.19 bits per heavy atom. The van der Waals surface area contributed by atoms with Crippen LogP contribution in [0.5, 0.6) is 0 Å². The van der Waals surface area contributed by atoms with Crippen LogP contribution in [0.2, 0.25) is 0 Å². The van der Waals surface area contributed by atoms with E-state index in [-0.39, 0.29) is 11.7 Å². The van der Waals surface area contributed by atoms with E-state index in [9.17, 15) is 9.18 Å². The highest BCUT2D eigenvalue weighted by molar-refractivity contribution is 7.15. The third kappa shape index (κ3) is 3.17. The Bertz CT molecular complexity index is 777. The first-order valence-corrected chi connectivity index (χ1v) is 7.91. The molecule has 106 valence electrons. The van der Waals surface area contributed by atoms with Crippen LogP contribution in [0.15, 0.2) is 41.8 Å². The first kappa shape index (κ1) is 13.9. The number of benzene rings is 1. The molecule has 1 amide bonds. The molecule has 0 saturated carbocycles. The lowest BCUT2D eigenvalue weighted by atomic mass is 10.2. The van der Waals surface area contributed by atoms with Gasteiger partial charge in [0.05, 0.1) is 10.6 Å². The fraction of sp³-hybridized carbons (Fsp3) is 0.0667. The lowest BCUT2D eigenvalue weighted by Gasteiger charge is -1.98. The van der Waals surface area contributed by atoms with Crippen molar-refractivity contribution in [3.63, 3.8) is 0 Å². The van der Waals surface area contributed by atoms with Gasteiger partial charge >= 0.3 is 0 Å². The summed E-state index contributed by atoms with van der Waals surface area (Å²) in [5, 5.41) is 5.15. The second-order valence-electron chi connectivity index (χ2n) is 4.41. The summed E-state index contributed by atoms with van der Waals surface area (Å²) in [6.45, 7) is 1.96. The first-order chi connectivity index (χ1) is 10.1. The van der Waals surface area contributed by atoms with Crippen molar-refractivity contribution in [2.45, 2.75) is 6.92 Å². The largest absolute Gasteiger partial charge is 0.297 e. The molecule has 0 atom stereocenters. The molecule has 0 aliphatic rings. The van der Waals surface area contributed by atoms with Crippen LogP contribution in [0.25, 0.3) is 11.3 Å². The molecule has 3 nitrogen and oxygen atoms in total.